The average Bonchev–Trinajstić information content (AvgIpc) is 2.89. The third kappa shape index (κ3) is 4.33. The molecule has 0 bridgehead atoms. The Bertz CT molecular complexity index is 647. The summed E-state index contributed by atoms with van der Waals surface area (Å²) >= 11 is 8.73. The van der Waals surface area contributed by atoms with Gasteiger partial charge in [0.25, 0.3) is 0 Å². The first kappa shape index (κ1) is 16.1. The lowest BCUT2D eigenvalue weighted by molar-refractivity contribution is -0.115. The Hall–Kier alpha value is -1.31. The minimum Gasteiger partial charge on any atom is -0.399 e. The van der Waals surface area contributed by atoms with E-state index in [9.17, 15) is 4.79 Å². The summed E-state index contributed by atoms with van der Waals surface area (Å²) in [5.41, 5.74) is 6.73. The normalized spacial score (nSPS) is 12.1. The van der Waals surface area contributed by atoms with Crippen LogP contribution in [-0.2, 0) is 11.2 Å². The van der Waals surface area contributed by atoms with Crippen molar-refractivity contribution in [1.29, 1.82) is 0 Å². The number of carbonyl (C=O) groups excluding carboxylic acids is 1. The van der Waals surface area contributed by atoms with Crippen LogP contribution in [0.15, 0.2) is 22.5 Å². The van der Waals surface area contributed by atoms with Gasteiger partial charge in [-0.1, -0.05) is 30.3 Å². The SMILES string of the molecule is CCc1nsc(SC(C)C(=O)Nc2ccc(N)cc2Cl)n1. The minimum atomic E-state index is -0.295. The van der Waals surface area contributed by atoms with Gasteiger partial charge in [0.05, 0.1) is 16.0 Å². The number of nitrogens with zero attached hydrogens (tertiary/aromatic N) is 2. The fourth-order valence-corrected chi connectivity index (χ4v) is 3.58. The molecule has 1 unspecified atom stereocenters. The number of aromatic nitrogens is 2. The highest BCUT2D eigenvalue weighted by molar-refractivity contribution is 8.02. The Kier molecular flexibility index (Phi) is 5.44. The van der Waals surface area contributed by atoms with Crippen LogP contribution in [0.3, 0.4) is 0 Å². The van der Waals surface area contributed by atoms with Gasteiger partial charge in [-0.2, -0.15) is 4.37 Å². The van der Waals surface area contributed by atoms with E-state index in [1.54, 1.807) is 18.2 Å². The first-order valence-electron chi connectivity index (χ1n) is 6.34. The van der Waals surface area contributed by atoms with E-state index in [-0.39, 0.29) is 11.2 Å². The van der Waals surface area contributed by atoms with Crippen LogP contribution >= 0.6 is 34.9 Å². The van der Waals surface area contributed by atoms with Crippen molar-refractivity contribution >= 4 is 52.2 Å². The van der Waals surface area contributed by atoms with E-state index in [0.29, 0.717) is 16.4 Å². The van der Waals surface area contributed by atoms with E-state index in [4.69, 9.17) is 17.3 Å². The van der Waals surface area contributed by atoms with E-state index in [0.717, 1.165) is 16.6 Å². The van der Waals surface area contributed by atoms with Crippen LogP contribution in [0.5, 0.6) is 0 Å². The van der Waals surface area contributed by atoms with Crippen LogP contribution in [0.2, 0.25) is 5.02 Å². The number of thioether (sulfide) groups is 1. The molecule has 5 nitrogen and oxygen atoms in total. The zero-order valence-corrected chi connectivity index (χ0v) is 14.0. The van der Waals surface area contributed by atoms with Crippen molar-refractivity contribution in [3.8, 4) is 0 Å². The molecule has 2 rings (SSSR count). The van der Waals surface area contributed by atoms with Crippen LogP contribution < -0.4 is 11.1 Å². The van der Waals surface area contributed by atoms with Crippen molar-refractivity contribution in [3.63, 3.8) is 0 Å². The summed E-state index contributed by atoms with van der Waals surface area (Å²) in [5, 5.41) is 2.91. The van der Waals surface area contributed by atoms with Gasteiger partial charge in [0.15, 0.2) is 4.34 Å². The zero-order chi connectivity index (χ0) is 15.4. The summed E-state index contributed by atoms with van der Waals surface area (Å²) in [4.78, 5) is 16.5. The number of anilines is 2. The smallest absolute Gasteiger partial charge is 0.237 e. The molecule has 0 saturated carbocycles. The van der Waals surface area contributed by atoms with E-state index >= 15 is 0 Å². The lowest BCUT2D eigenvalue weighted by Gasteiger charge is -2.11. The van der Waals surface area contributed by atoms with Crippen molar-refractivity contribution in [2.45, 2.75) is 29.9 Å². The van der Waals surface area contributed by atoms with Crippen LogP contribution in [0, 0.1) is 0 Å². The lowest BCUT2D eigenvalue weighted by atomic mass is 10.2. The monoisotopic (exact) mass is 342 g/mol. The number of benzene rings is 1. The van der Waals surface area contributed by atoms with Crippen LogP contribution in [0.1, 0.15) is 19.7 Å². The molecule has 1 atom stereocenters. The molecule has 0 saturated heterocycles. The Morgan fingerprint density at radius 3 is 2.95 bits per heavy atom. The van der Waals surface area contributed by atoms with Gasteiger partial charge in [-0.3, -0.25) is 4.79 Å². The highest BCUT2D eigenvalue weighted by Gasteiger charge is 2.18. The highest BCUT2D eigenvalue weighted by Crippen LogP contribution is 2.28. The van der Waals surface area contributed by atoms with Crippen molar-refractivity contribution in [2.75, 3.05) is 11.1 Å². The van der Waals surface area contributed by atoms with Crippen LogP contribution in [-0.4, -0.2) is 20.5 Å². The Balaban J connectivity index is 1.99. The van der Waals surface area contributed by atoms with E-state index in [1.165, 1.54) is 23.3 Å². The Morgan fingerprint density at radius 1 is 1.57 bits per heavy atom. The van der Waals surface area contributed by atoms with Crippen LogP contribution in [0.4, 0.5) is 11.4 Å². The zero-order valence-electron chi connectivity index (χ0n) is 11.6. The lowest BCUT2D eigenvalue weighted by Crippen LogP contribution is -2.22. The molecule has 0 aliphatic carbocycles. The highest BCUT2D eigenvalue weighted by atomic mass is 35.5. The first-order chi connectivity index (χ1) is 9.99. The largest absolute Gasteiger partial charge is 0.399 e. The van der Waals surface area contributed by atoms with Crippen molar-refractivity contribution in [1.82, 2.24) is 9.36 Å². The molecular formula is C13H15ClN4OS2. The van der Waals surface area contributed by atoms with Gasteiger partial charge in [0.2, 0.25) is 5.91 Å². The van der Waals surface area contributed by atoms with E-state index in [2.05, 4.69) is 14.7 Å². The predicted octanol–water partition coefficient (Wildman–Crippen LogP) is 3.46. The predicted molar refractivity (Wildman–Crippen MR) is 89.1 cm³/mol. The van der Waals surface area contributed by atoms with Gasteiger partial charge >= 0.3 is 0 Å². The maximum atomic E-state index is 12.2. The molecule has 21 heavy (non-hydrogen) atoms. The number of rotatable bonds is 5. The Morgan fingerprint density at radius 2 is 2.33 bits per heavy atom. The molecule has 2 aromatic rings. The summed E-state index contributed by atoms with van der Waals surface area (Å²) in [5.74, 6) is 0.664. The van der Waals surface area contributed by atoms with Gasteiger partial charge in [0, 0.05) is 12.1 Å². The second-order valence-electron chi connectivity index (χ2n) is 4.32. The number of hydrogen-bond acceptors (Lipinski definition) is 6. The quantitative estimate of drug-likeness (QED) is 0.642. The standard InChI is InChI=1S/C13H15ClN4OS2/c1-3-11-17-13(21-18-11)20-7(2)12(19)16-10-5-4-8(15)6-9(10)14/h4-7H,3,15H2,1-2H3,(H,16,19). The number of carbonyl (C=O) groups is 1. The fraction of sp³-hybridized carbons (Fsp3) is 0.308. The third-order valence-electron chi connectivity index (χ3n) is 2.66. The Labute approximate surface area is 136 Å². The average molecular weight is 343 g/mol. The van der Waals surface area contributed by atoms with E-state index in [1.807, 2.05) is 13.8 Å². The molecule has 112 valence electrons. The number of nitrogen functional groups attached to an aromatic ring is 1. The topological polar surface area (TPSA) is 80.9 Å². The molecule has 0 spiro atoms. The summed E-state index contributed by atoms with van der Waals surface area (Å²) in [6.45, 7) is 3.81. The van der Waals surface area contributed by atoms with Gasteiger partial charge < -0.3 is 11.1 Å². The van der Waals surface area contributed by atoms with Gasteiger partial charge in [0.1, 0.15) is 5.82 Å². The maximum Gasteiger partial charge on any atom is 0.237 e. The van der Waals surface area contributed by atoms with Crippen molar-refractivity contribution < 1.29 is 4.79 Å². The van der Waals surface area contributed by atoms with Crippen LogP contribution in [0.25, 0.3) is 0 Å². The number of hydrogen-bond donors (Lipinski definition) is 2. The molecule has 0 aliphatic heterocycles. The number of nitrogens with two attached hydrogens (primary N) is 1. The van der Waals surface area contributed by atoms with Gasteiger partial charge in [-0.25, -0.2) is 4.98 Å². The molecule has 0 radical (unpaired) electrons. The summed E-state index contributed by atoms with van der Waals surface area (Å²) in [6, 6.07) is 4.98. The molecule has 1 aromatic heterocycles. The maximum absolute atomic E-state index is 12.2. The summed E-state index contributed by atoms with van der Waals surface area (Å²) in [6.07, 6.45) is 0.790. The number of halogens is 1. The minimum absolute atomic E-state index is 0.139. The van der Waals surface area contributed by atoms with Gasteiger partial charge in [-0.05, 0) is 36.7 Å². The summed E-state index contributed by atoms with van der Waals surface area (Å²) < 4.78 is 4.99. The second-order valence-corrected chi connectivity index (χ2v) is 7.07. The number of amides is 1. The molecular weight excluding hydrogens is 328 g/mol. The van der Waals surface area contributed by atoms with Crippen molar-refractivity contribution in [3.05, 3.63) is 29.0 Å². The molecule has 0 fully saturated rings. The second kappa shape index (κ2) is 7.11. The fourth-order valence-electron chi connectivity index (χ4n) is 1.50. The van der Waals surface area contributed by atoms with Gasteiger partial charge in [-0.15, -0.1) is 0 Å². The molecule has 0 aliphatic rings. The molecule has 8 heteroatoms. The summed E-state index contributed by atoms with van der Waals surface area (Å²) in [7, 11) is 0. The number of aryl methyl sites for hydroxylation is 1. The molecule has 1 amide bonds. The third-order valence-corrected chi connectivity index (χ3v) is 4.90. The first-order valence-corrected chi connectivity index (χ1v) is 8.37. The molecule has 3 N–H and O–H groups in total. The number of nitrogens with one attached hydrogen (secondary N) is 1. The van der Waals surface area contributed by atoms with Crippen molar-refractivity contribution in [2.24, 2.45) is 0 Å². The molecule has 1 heterocycles. The van der Waals surface area contributed by atoms with E-state index < -0.39 is 0 Å². The molecule has 1 aromatic carbocycles.